The number of nitrogens with zero attached hydrogens (tertiary/aromatic N) is 2. The van der Waals surface area contributed by atoms with Crippen molar-refractivity contribution in [3.05, 3.63) is 41.3 Å². The molecule has 1 aliphatic carbocycles. The van der Waals surface area contributed by atoms with Gasteiger partial charge in [-0.25, -0.2) is 14.8 Å². The third kappa shape index (κ3) is 5.19. The number of aromatic nitrogens is 3. The fourth-order valence-corrected chi connectivity index (χ4v) is 3.71. The Morgan fingerprint density at radius 1 is 1.18 bits per heavy atom. The van der Waals surface area contributed by atoms with Gasteiger partial charge in [-0.2, -0.15) is 0 Å². The van der Waals surface area contributed by atoms with Crippen LogP contribution in [0.25, 0.3) is 22.2 Å². The first kappa shape index (κ1) is 22.8. The second-order valence-corrected chi connectivity index (χ2v) is 9.46. The number of hydrogen-bond acceptors (Lipinski definition) is 6. The van der Waals surface area contributed by atoms with E-state index in [9.17, 15) is 9.59 Å². The van der Waals surface area contributed by atoms with Crippen molar-refractivity contribution >= 4 is 34.5 Å². The number of carbonyl (C=O) groups is 2. The van der Waals surface area contributed by atoms with Gasteiger partial charge in [0.15, 0.2) is 0 Å². The molecule has 2 heterocycles. The van der Waals surface area contributed by atoms with Crippen molar-refractivity contribution in [2.45, 2.75) is 51.3 Å². The van der Waals surface area contributed by atoms with E-state index in [1.165, 1.54) is 13.3 Å². The molecule has 0 unspecified atom stereocenters. The zero-order chi connectivity index (χ0) is 23.8. The lowest BCUT2D eigenvalue weighted by molar-refractivity contribution is -0.124. The average Bonchev–Trinajstić information content (AvgIpc) is 3.41. The van der Waals surface area contributed by atoms with Crippen molar-refractivity contribution in [3.63, 3.8) is 0 Å². The molecule has 1 aliphatic rings. The Balaban J connectivity index is 1.44. The summed E-state index contributed by atoms with van der Waals surface area (Å²) in [6.07, 6.45) is 3.69. The first-order valence-electron chi connectivity index (χ1n) is 10.6. The second-order valence-electron chi connectivity index (χ2n) is 9.05. The van der Waals surface area contributed by atoms with Crippen LogP contribution in [0.2, 0.25) is 5.02 Å². The van der Waals surface area contributed by atoms with E-state index in [0.29, 0.717) is 29.4 Å². The summed E-state index contributed by atoms with van der Waals surface area (Å²) in [5.41, 5.74) is 1.48. The Kier molecular flexibility index (Phi) is 5.92. The minimum absolute atomic E-state index is 0.237. The van der Waals surface area contributed by atoms with Gasteiger partial charge in [0.25, 0.3) is 0 Å². The van der Waals surface area contributed by atoms with Crippen molar-refractivity contribution in [3.8, 4) is 17.1 Å². The van der Waals surface area contributed by atoms with E-state index < -0.39 is 17.2 Å². The number of amides is 2. The summed E-state index contributed by atoms with van der Waals surface area (Å²) < 4.78 is 10.3. The number of aromatic amines is 1. The summed E-state index contributed by atoms with van der Waals surface area (Å²) in [4.78, 5) is 36.6. The molecule has 9 nitrogen and oxygen atoms in total. The molecule has 0 aliphatic heterocycles. The topological polar surface area (TPSA) is 118 Å². The van der Waals surface area contributed by atoms with E-state index >= 15 is 0 Å². The first-order valence-corrected chi connectivity index (χ1v) is 10.9. The number of carbonyl (C=O) groups excluding carboxylic acids is 2. The number of H-pyrrole nitrogens is 1. The molecule has 0 spiro atoms. The molecule has 10 heteroatoms. The van der Waals surface area contributed by atoms with Gasteiger partial charge in [0, 0.05) is 22.2 Å². The number of methoxy groups -OCH3 is 1. The molecule has 3 aromatic rings. The maximum Gasteiger partial charge on any atom is 0.408 e. The summed E-state index contributed by atoms with van der Waals surface area (Å²) in [5, 5.41) is 7.04. The molecule has 1 saturated carbocycles. The van der Waals surface area contributed by atoms with Crippen LogP contribution in [0.3, 0.4) is 0 Å². The largest absolute Gasteiger partial charge is 0.480 e. The maximum atomic E-state index is 12.7. The zero-order valence-electron chi connectivity index (χ0n) is 18.9. The lowest BCUT2D eigenvalue weighted by Gasteiger charge is -2.23. The number of fused-ring (bicyclic) bond motifs is 1. The number of nitrogens with one attached hydrogen (secondary N) is 3. The van der Waals surface area contributed by atoms with Crippen LogP contribution >= 0.6 is 11.6 Å². The van der Waals surface area contributed by atoms with Crippen molar-refractivity contribution in [1.29, 1.82) is 0 Å². The highest BCUT2D eigenvalue weighted by Gasteiger charge is 2.51. The van der Waals surface area contributed by atoms with Gasteiger partial charge in [-0.1, -0.05) is 11.6 Å². The molecule has 0 bridgehead atoms. The van der Waals surface area contributed by atoms with Gasteiger partial charge >= 0.3 is 6.09 Å². The molecule has 0 atom stereocenters. The summed E-state index contributed by atoms with van der Waals surface area (Å²) >= 11 is 6.48. The Morgan fingerprint density at radius 3 is 2.55 bits per heavy atom. The molecule has 2 amide bonds. The van der Waals surface area contributed by atoms with E-state index in [2.05, 4.69) is 25.6 Å². The molecular formula is C23H26ClN5O4. The summed E-state index contributed by atoms with van der Waals surface area (Å²) in [7, 11) is 1.53. The fourth-order valence-electron chi connectivity index (χ4n) is 3.44. The molecule has 33 heavy (non-hydrogen) atoms. The first-order chi connectivity index (χ1) is 15.6. The lowest BCUT2D eigenvalue weighted by atomic mass is 10.1. The second kappa shape index (κ2) is 8.55. The van der Waals surface area contributed by atoms with Crippen LogP contribution in [0, 0.1) is 0 Å². The standard InChI is InChI=1S/C23H26ClN5O4/c1-22(2,3)33-21(31)29-23(5-6-23)20(30)27-10-14-7-13-8-16(24)15(9-17(13)28-14)18-11-26-19(32-4)12-25-18/h7-9,11-12,28H,5-6,10H2,1-4H3,(H,27,30)(H,29,31). The Hall–Kier alpha value is -3.33. The SMILES string of the molecule is COc1cnc(-c2cc3[nH]c(CNC(=O)C4(NC(=O)OC(C)(C)C)CC4)cc3cc2Cl)cn1. The lowest BCUT2D eigenvalue weighted by Crippen LogP contribution is -2.50. The molecular weight excluding hydrogens is 446 g/mol. The summed E-state index contributed by atoms with van der Waals surface area (Å²) in [5.74, 6) is 0.183. The molecule has 3 N–H and O–H groups in total. The van der Waals surface area contributed by atoms with Crippen LogP contribution in [0.15, 0.2) is 30.6 Å². The van der Waals surface area contributed by atoms with Gasteiger partial charge in [0.05, 0.1) is 36.8 Å². The van der Waals surface area contributed by atoms with E-state index in [1.54, 1.807) is 27.0 Å². The van der Waals surface area contributed by atoms with E-state index in [0.717, 1.165) is 22.2 Å². The highest BCUT2D eigenvalue weighted by Crippen LogP contribution is 2.36. The number of hydrogen-bond donors (Lipinski definition) is 3. The van der Waals surface area contributed by atoms with E-state index in [-0.39, 0.29) is 12.5 Å². The third-order valence-electron chi connectivity index (χ3n) is 5.24. The van der Waals surface area contributed by atoms with Crippen molar-refractivity contribution in [2.75, 3.05) is 7.11 Å². The van der Waals surface area contributed by atoms with E-state index in [1.807, 2.05) is 18.2 Å². The number of ether oxygens (including phenoxy) is 2. The van der Waals surface area contributed by atoms with Gasteiger partial charge < -0.3 is 25.1 Å². The molecule has 1 aromatic carbocycles. The molecule has 4 rings (SSSR count). The minimum Gasteiger partial charge on any atom is -0.480 e. The van der Waals surface area contributed by atoms with Crippen LogP contribution in [0.1, 0.15) is 39.3 Å². The van der Waals surface area contributed by atoms with Crippen molar-refractivity contribution in [1.82, 2.24) is 25.6 Å². The third-order valence-corrected chi connectivity index (χ3v) is 5.55. The van der Waals surface area contributed by atoms with Crippen LogP contribution in [0.4, 0.5) is 4.79 Å². The van der Waals surface area contributed by atoms with Crippen LogP contribution in [-0.4, -0.2) is 45.2 Å². The average molecular weight is 472 g/mol. The highest BCUT2D eigenvalue weighted by atomic mass is 35.5. The molecule has 2 aromatic heterocycles. The Labute approximate surface area is 196 Å². The fraction of sp³-hybridized carbons (Fsp3) is 0.391. The maximum absolute atomic E-state index is 12.7. The summed E-state index contributed by atoms with van der Waals surface area (Å²) in [6, 6.07) is 5.66. The molecule has 1 fully saturated rings. The van der Waals surface area contributed by atoms with Gasteiger partial charge in [0.2, 0.25) is 11.8 Å². The molecule has 0 saturated heterocycles. The van der Waals surface area contributed by atoms with Gasteiger partial charge in [-0.3, -0.25) is 4.79 Å². The van der Waals surface area contributed by atoms with Crippen LogP contribution < -0.4 is 15.4 Å². The quantitative estimate of drug-likeness (QED) is 0.500. The van der Waals surface area contributed by atoms with E-state index in [4.69, 9.17) is 21.1 Å². The minimum atomic E-state index is -0.905. The predicted molar refractivity (Wildman–Crippen MR) is 124 cm³/mol. The van der Waals surface area contributed by atoms with Gasteiger partial charge in [-0.05, 0) is 51.8 Å². The molecule has 174 valence electrons. The Morgan fingerprint density at radius 2 is 1.94 bits per heavy atom. The van der Waals surface area contributed by atoms with Crippen molar-refractivity contribution < 1.29 is 19.1 Å². The van der Waals surface area contributed by atoms with Gasteiger partial charge in [0.1, 0.15) is 11.1 Å². The van der Waals surface area contributed by atoms with Crippen LogP contribution in [-0.2, 0) is 16.1 Å². The highest BCUT2D eigenvalue weighted by molar-refractivity contribution is 6.34. The van der Waals surface area contributed by atoms with Gasteiger partial charge in [-0.15, -0.1) is 0 Å². The predicted octanol–water partition coefficient (Wildman–Crippen LogP) is 3.96. The van der Waals surface area contributed by atoms with Crippen molar-refractivity contribution in [2.24, 2.45) is 0 Å². The van der Waals surface area contributed by atoms with Crippen LogP contribution in [0.5, 0.6) is 5.88 Å². The normalized spacial score (nSPS) is 14.6. The number of benzene rings is 1. The Bertz CT molecular complexity index is 1200. The zero-order valence-corrected chi connectivity index (χ0v) is 19.7. The molecule has 0 radical (unpaired) electrons. The number of rotatable bonds is 6. The smallest absolute Gasteiger partial charge is 0.408 e. The number of halogens is 1. The number of alkyl carbamates (subject to hydrolysis) is 1. The summed E-state index contributed by atoms with van der Waals surface area (Å²) in [6.45, 7) is 5.61. The monoisotopic (exact) mass is 471 g/mol.